The van der Waals surface area contributed by atoms with Gasteiger partial charge >= 0.3 is 5.97 Å². The molecule has 3 rings (SSSR count). The molecule has 0 bridgehead atoms. The van der Waals surface area contributed by atoms with E-state index < -0.39 is 18.0 Å². The Balaban J connectivity index is 1.42. The van der Waals surface area contributed by atoms with E-state index in [1.54, 1.807) is 36.9 Å². The molecular weight excluding hydrogens is 354 g/mol. The molecule has 1 N–H and O–H groups in total. The maximum absolute atomic E-state index is 12.2. The largest absolute Gasteiger partial charge is 0.454 e. The van der Waals surface area contributed by atoms with Crippen LogP contribution >= 0.6 is 11.8 Å². The van der Waals surface area contributed by atoms with E-state index in [2.05, 4.69) is 5.32 Å². The van der Waals surface area contributed by atoms with Gasteiger partial charge in [0.1, 0.15) is 0 Å². The summed E-state index contributed by atoms with van der Waals surface area (Å²) in [5.74, 6) is 1.01. The van der Waals surface area contributed by atoms with Gasteiger partial charge in [-0.3, -0.25) is 9.59 Å². The number of carbonyl (C=O) groups excluding carboxylic acids is 2. The molecule has 2 aromatic rings. The van der Waals surface area contributed by atoms with E-state index in [9.17, 15) is 9.59 Å². The number of benzene rings is 2. The van der Waals surface area contributed by atoms with Gasteiger partial charge in [0.05, 0.1) is 6.42 Å². The smallest absolute Gasteiger partial charge is 0.307 e. The van der Waals surface area contributed by atoms with Gasteiger partial charge in [0.25, 0.3) is 5.91 Å². The summed E-state index contributed by atoms with van der Waals surface area (Å²) >= 11 is 1.57. The number of amides is 1. The van der Waals surface area contributed by atoms with Gasteiger partial charge in [0.15, 0.2) is 17.6 Å². The van der Waals surface area contributed by atoms with Crippen LogP contribution in [0.2, 0.25) is 0 Å². The summed E-state index contributed by atoms with van der Waals surface area (Å²) in [5.41, 5.74) is 0.557. The number of thioether (sulfide) groups is 1. The van der Waals surface area contributed by atoms with Crippen molar-refractivity contribution >= 4 is 29.3 Å². The second-order valence-corrected chi connectivity index (χ2v) is 6.77. The summed E-state index contributed by atoms with van der Waals surface area (Å²) in [6, 6.07) is 14.9. The van der Waals surface area contributed by atoms with E-state index in [4.69, 9.17) is 14.2 Å². The quantitative estimate of drug-likeness (QED) is 0.592. The van der Waals surface area contributed by atoms with Gasteiger partial charge < -0.3 is 19.5 Å². The summed E-state index contributed by atoms with van der Waals surface area (Å²) < 4.78 is 15.7. The SMILES string of the molecule is CC(OC(=O)CCSc1ccccc1)C(=O)Nc1ccc2c(c1)OCO2. The fourth-order valence-corrected chi connectivity index (χ4v) is 3.15. The average molecular weight is 373 g/mol. The molecule has 0 aromatic heterocycles. The molecular formula is C19H19NO5S. The summed E-state index contributed by atoms with van der Waals surface area (Å²) in [4.78, 5) is 25.2. The molecule has 0 fully saturated rings. The second kappa shape index (κ2) is 8.62. The first-order chi connectivity index (χ1) is 12.6. The molecule has 7 heteroatoms. The zero-order valence-corrected chi connectivity index (χ0v) is 15.1. The van der Waals surface area contributed by atoms with Crippen molar-refractivity contribution in [3.05, 3.63) is 48.5 Å². The lowest BCUT2D eigenvalue weighted by atomic mass is 10.2. The van der Waals surface area contributed by atoms with Gasteiger partial charge in [-0.25, -0.2) is 0 Å². The van der Waals surface area contributed by atoms with Crippen LogP contribution in [0.3, 0.4) is 0 Å². The van der Waals surface area contributed by atoms with Crippen LogP contribution in [0, 0.1) is 0 Å². The highest BCUT2D eigenvalue weighted by Gasteiger charge is 2.19. The lowest BCUT2D eigenvalue weighted by Gasteiger charge is -2.13. The summed E-state index contributed by atoms with van der Waals surface area (Å²) in [6.07, 6.45) is -0.643. The Morgan fingerprint density at radius 3 is 2.73 bits per heavy atom. The third-order valence-corrected chi connectivity index (χ3v) is 4.65. The van der Waals surface area contributed by atoms with Gasteiger partial charge in [0.2, 0.25) is 6.79 Å². The number of anilines is 1. The zero-order valence-electron chi connectivity index (χ0n) is 14.3. The molecule has 26 heavy (non-hydrogen) atoms. The number of hydrogen-bond acceptors (Lipinski definition) is 6. The molecule has 1 amide bonds. The molecule has 2 aromatic carbocycles. The van der Waals surface area contributed by atoms with E-state index in [0.717, 1.165) is 4.90 Å². The van der Waals surface area contributed by atoms with E-state index in [1.807, 2.05) is 30.3 Å². The maximum atomic E-state index is 12.2. The van der Waals surface area contributed by atoms with Crippen molar-refractivity contribution in [3.63, 3.8) is 0 Å². The van der Waals surface area contributed by atoms with Crippen LogP contribution in [-0.2, 0) is 14.3 Å². The standard InChI is InChI=1S/C19H19NO5S/c1-13(25-18(21)9-10-26-15-5-3-2-4-6-15)19(22)20-14-7-8-16-17(11-14)24-12-23-16/h2-8,11,13H,9-10,12H2,1H3,(H,20,22). The minimum Gasteiger partial charge on any atom is -0.454 e. The van der Waals surface area contributed by atoms with Crippen LogP contribution < -0.4 is 14.8 Å². The highest BCUT2D eigenvalue weighted by atomic mass is 32.2. The second-order valence-electron chi connectivity index (χ2n) is 5.60. The third-order valence-electron chi connectivity index (χ3n) is 3.64. The summed E-state index contributed by atoms with van der Waals surface area (Å²) in [7, 11) is 0. The fourth-order valence-electron chi connectivity index (χ4n) is 2.30. The number of ether oxygens (including phenoxy) is 3. The summed E-state index contributed by atoms with van der Waals surface area (Å²) in [6.45, 7) is 1.71. The Hall–Kier alpha value is -2.67. The maximum Gasteiger partial charge on any atom is 0.307 e. The first kappa shape index (κ1) is 18.1. The van der Waals surface area contributed by atoms with Crippen LogP contribution in [0.5, 0.6) is 11.5 Å². The molecule has 1 atom stereocenters. The van der Waals surface area contributed by atoms with E-state index >= 15 is 0 Å². The fraction of sp³-hybridized carbons (Fsp3) is 0.263. The topological polar surface area (TPSA) is 73.9 Å². The molecule has 1 aliphatic heterocycles. The van der Waals surface area contributed by atoms with Gasteiger partial charge in [-0.2, -0.15) is 0 Å². The Kier molecular flexibility index (Phi) is 6.01. The van der Waals surface area contributed by atoms with E-state index in [-0.39, 0.29) is 13.2 Å². The Morgan fingerprint density at radius 1 is 1.15 bits per heavy atom. The lowest BCUT2D eigenvalue weighted by molar-refractivity contribution is -0.152. The van der Waals surface area contributed by atoms with E-state index in [0.29, 0.717) is 22.9 Å². The normalized spacial score (nSPS) is 13.1. The number of nitrogens with one attached hydrogen (secondary N) is 1. The summed E-state index contributed by atoms with van der Waals surface area (Å²) in [5, 5.41) is 2.70. The van der Waals surface area contributed by atoms with Crippen LogP contribution in [0.1, 0.15) is 13.3 Å². The molecule has 136 valence electrons. The van der Waals surface area contributed by atoms with Crippen LogP contribution in [0.25, 0.3) is 0 Å². The van der Waals surface area contributed by atoms with Crippen LogP contribution in [0.4, 0.5) is 5.69 Å². The Labute approximate surface area is 155 Å². The third kappa shape index (κ3) is 4.92. The van der Waals surface area contributed by atoms with Gasteiger partial charge in [-0.05, 0) is 31.2 Å². The minimum atomic E-state index is -0.880. The van der Waals surface area contributed by atoms with Gasteiger partial charge in [-0.1, -0.05) is 18.2 Å². The molecule has 0 saturated heterocycles. The predicted molar refractivity (Wildman–Crippen MR) is 98.5 cm³/mol. The van der Waals surface area contributed by atoms with Crippen molar-refractivity contribution in [2.45, 2.75) is 24.3 Å². The molecule has 6 nitrogen and oxygen atoms in total. The van der Waals surface area contributed by atoms with Crippen molar-refractivity contribution in [1.82, 2.24) is 0 Å². The van der Waals surface area contributed by atoms with Gasteiger partial charge in [-0.15, -0.1) is 11.8 Å². The van der Waals surface area contributed by atoms with Crippen molar-refractivity contribution < 1.29 is 23.8 Å². The van der Waals surface area contributed by atoms with E-state index in [1.165, 1.54) is 0 Å². The number of esters is 1. The Bertz CT molecular complexity index is 781. The predicted octanol–water partition coefficient (Wildman–Crippen LogP) is 3.47. The number of rotatable bonds is 7. The highest BCUT2D eigenvalue weighted by molar-refractivity contribution is 7.99. The highest BCUT2D eigenvalue weighted by Crippen LogP contribution is 2.34. The lowest BCUT2D eigenvalue weighted by Crippen LogP contribution is -2.30. The minimum absolute atomic E-state index is 0.168. The van der Waals surface area contributed by atoms with Crippen LogP contribution in [-0.4, -0.2) is 30.5 Å². The van der Waals surface area contributed by atoms with Crippen LogP contribution in [0.15, 0.2) is 53.4 Å². The molecule has 1 aliphatic rings. The van der Waals surface area contributed by atoms with Crippen molar-refractivity contribution in [2.24, 2.45) is 0 Å². The first-order valence-corrected chi connectivity index (χ1v) is 9.18. The molecule has 0 radical (unpaired) electrons. The van der Waals surface area contributed by atoms with Gasteiger partial charge in [0, 0.05) is 22.4 Å². The average Bonchev–Trinajstić information content (AvgIpc) is 3.10. The molecule has 0 saturated carbocycles. The van der Waals surface area contributed by atoms with Crippen molar-refractivity contribution in [3.8, 4) is 11.5 Å². The van der Waals surface area contributed by atoms with Crippen molar-refractivity contribution in [2.75, 3.05) is 17.9 Å². The molecule has 1 unspecified atom stereocenters. The number of hydrogen-bond donors (Lipinski definition) is 1. The molecule has 1 heterocycles. The number of fused-ring (bicyclic) bond motifs is 1. The Morgan fingerprint density at radius 2 is 1.92 bits per heavy atom. The first-order valence-electron chi connectivity index (χ1n) is 8.19. The monoisotopic (exact) mass is 373 g/mol. The number of carbonyl (C=O) groups is 2. The molecule has 0 aliphatic carbocycles. The molecule has 0 spiro atoms. The van der Waals surface area contributed by atoms with Crippen molar-refractivity contribution in [1.29, 1.82) is 0 Å². The zero-order chi connectivity index (χ0) is 18.4.